The third-order valence-electron chi connectivity index (χ3n) is 3.59. The van der Waals surface area contributed by atoms with Crippen molar-refractivity contribution >= 4 is 27.5 Å². The Kier molecular flexibility index (Phi) is 6.14. The molecule has 1 N–H and O–H groups in total. The van der Waals surface area contributed by atoms with Crippen LogP contribution in [0, 0.1) is 5.92 Å². The van der Waals surface area contributed by atoms with Crippen molar-refractivity contribution in [2.24, 2.45) is 5.92 Å². The molecule has 2 rings (SSSR count). The Hall–Kier alpha value is -0.0900. The van der Waals surface area contributed by atoms with Crippen LogP contribution in [0.1, 0.15) is 25.3 Å². The van der Waals surface area contributed by atoms with Crippen molar-refractivity contribution in [1.29, 1.82) is 0 Å². The molecule has 2 nitrogen and oxygen atoms in total. The normalized spacial score (nSPS) is 17.8. The van der Waals surface area contributed by atoms with Crippen molar-refractivity contribution in [3.8, 4) is 0 Å². The molecule has 1 saturated heterocycles. The van der Waals surface area contributed by atoms with Gasteiger partial charge in [-0.1, -0.05) is 40.5 Å². The van der Waals surface area contributed by atoms with E-state index in [1.165, 1.54) is 38.0 Å². The Morgan fingerprint density at radius 1 is 1.37 bits per heavy atom. The second-order valence-electron chi connectivity index (χ2n) is 5.48. The van der Waals surface area contributed by atoms with Gasteiger partial charge in [0.25, 0.3) is 0 Å². The third kappa shape index (κ3) is 5.07. The number of nitrogens with zero attached hydrogens (tertiary/aromatic N) is 1. The van der Waals surface area contributed by atoms with E-state index in [1.807, 2.05) is 12.1 Å². The van der Waals surface area contributed by atoms with Crippen LogP contribution in [0.4, 0.5) is 0 Å². The maximum absolute atomic E-state index is 5.94. The second kappa shape index (κ2) is 7.63. The summed E-state index contributed by atoms with van der Waals surface area (Å²) in [6, 6.07) is 5.97. The molecule has 1 aliphatic rings. The van der Waals surface area contributed by atoms with E-state index in [2.05, 4.69) is 39.1 Å². The molecule has 1 aliphatic heterocycles. The molecule has 0 radical (unpaired) electrons. The van der Waals surface area contributed by atoms with Gasteiger partial charge >= 0.3 is 0 Å². The van der Waals surface area contributed by atoms with Crippen LogP contribution in [0.25, 0.3) is 0 Å². The highest BCUT2D eigenvalue weighted by atomic mass is 79.9. The van der Waals surface area contributed by atoms with Crippen molar-refractivity contribution in [3.63, 3.8) is 0 Å². The van der Waals surface area contributed by atoms with Crippen molar-refractivity contribution in [2.45, 2.75) is 26.3 Å². The summed E-state index contributed by atoms with van der Waals surface area (Å²) >= 11 is 9.49. The fourth-order valence-corrected chi connectivity index (χ4v) is 3.41. The summed E-state index contributed by atoms with van der Waals surface area (Å²) < 4.78 is 1.08. The van der Waals surface area contributed by atoms with Gasteiger partial charge in [0, 0.05) is 22.6 Å². The van der Waals surface area contributed by atoms with Crippen molar-refractivity contribution in [1.82, 2.24) is 10.2 Å². The second-order valence-corrected chi connectivity index (χ2v) is 6.77. The fourth-order valence-electron chi connectivity index (χ4n) is 2.59. The highest BCUT2D eigenvalue weighted by Crippen LogP contribution is 2.21. The van der Waals surface area contributed by atoms with Crippen LogP contribution in [0.5, 0.6) is 0 Å². The topological polar surface area (TPSA) is 15.3 Å². The van der Waals surface area contributed by atoms with E-state index < -0.39 is 0 Å². The van der Waals surface area contributed by atoms with Crippen LogP contribution in [0.15, 0.2) is 22.7 Å². The number of benzene rings is 1. The lowest BCUT2D eigenvalue weighted by molar-refractivity contribution is 0.282. The smallest absolute Gasteiger partial charge is 0.0417 e. The fraction of sp³-hybridized carbons (Fsp3) is 0.600. The zero-order valence-corrected chi connectivity index (χ0v) is 13.8. The molecule has 1 atom stereocenters. The average Bonchev–Trinajstić information content (AvgIpc) is 2.84. The molecule has 0 bridgehead atoms. The molecule has 19 heavy (non-hydrogen) atoms. The summed E-state index contributed by atoms with van der Waals surface area (Å²) in [5.74, 6) is 0.698. The predicted molar refractivity (Wildman–Crippen MR) is 85.7 cm³/mol. The van der Waals surface area contributed by atoms with Crippen LogP contribution in [0.2, 0.25) is 5.02 Å². The van der Waals surface area contributed by atoms with Crippen LogP contribution in [0.3, 0.4) is 0 Å². The quantitative estimate of drug-likeness (QED) is 0.840. The Bertz CT molecular complexity index is 405. The molecule has 1 aromatic carbocycles. The standard InChI is InChI=1S/C15H22BrClN2/c1-12(11-19-6-2-3-7-19)9-18-10-13-4-5-14(17)8-15(13)16/h4-5,8,12,18H,2-3,6-7,9-11H2,1H3. The van der Waals surface area contributed by atoms with Crippen LogP contribution >= 0.6 is 27.5 Å². The minimum atomic E-state index is 0.698. The number of nitrogens with one attached hydrogen (secondary N) is 1. The van der Waals surface area contributed by atoms with Gasteiger partial charge < -0.3 is 10.2 Å². The molecule has 4 heteroatoms. The average molecular weight is 346 g/mol. The monoisotopic (exact) mass is 344 g/mol. The van der Waals surface area contributed by atoms with Gasteiger partial charge in [-0.05, 0) is 56.1 Å². The molecule has 0 aliphatic carbocycles. The summed E-state index contributed by atoms with van der Waals surface area (Å²) in [6.07, 6.45) is 2.75. The summed E-state index contributed by atoms with van der Waals surface area (Å²) in [4.78, 5) is 2.57. The first-order valence-electron chi connectivity index (χ1n) is 7.02. The molecular weight excluding hydrogens is 324 g/mol. The molecule has 0 amide bonds. The van der Waals surface area contributed by atoms with Gasteiger partial charge in [0.05, 0.1) is 0 Å². The van der Waals surface area contributed by atoms with Gasteiger partial charge in [-0.3, -0.25) is 0 Å². The zero-order chi connectivity index (χ0) is 13.7. The lowest BCUT2D eigenvalue weighted by Crippen LogP contribution is -2.31. The predicted octanol–water partition coefficient (Wildman–Crippen LogP) is 3.92. The number of hydrogen-bond acceptors (Lipinski definition) is 2. The highest BCUT2D eigenvalue weighted by molar-refractivity contribution is 9.10. The number of likely N-dealkylation sites (tertiary alicyclic amines) is 1. The first-order chi connectivity index (χ1) is 9.15. The molecule has 1 heterocycles. The molecule has 106 valence electrons. The first kappa shape index (κ1) is 15.3. The van der Waals surface area contributed by atoms with Crippen molar-refractivity contribution in [3.05, 3.63) is 33.3 Å². The van der Waals surface area contributed by atoms with E-state index in [4.69, 9.17) is 11.6 Å². The van der Waals surface area contributed by atoms with Gasteiger partial charge in [-0.15, -0.1) is 0 Å². The summed E-state index contributed by atoms with van der Waals surface area (Å²) in [5.41, 5.74) is 1.26. The van der Waals surface area contributed by atoms with Gasteiger partial charge in [0.15, 0.2) is 0 Å². The molecule has 0 spiro atoms. The Labute approximate surface area is 129 Å². The van der Waals surface area contributed by atoms with Gasteiger partial charge in [0.1, 0.15) is 0 Å². The zero-order valence-electron chi connectivity index (χ0n) is 11.5. The Morgan fingerprint density at radius 2 is 2.11 bits per heavy atom. The maximum atomic E-state index is 5.94. The van der Waals surface area contributed by atoms with Gasteiger partial charge in [-0.25, -0.2) is 0 Å². The van der Waals surface area contributed by atoms with E-state index in [-0.39, 0.29) is 0 Å². The Morgan fingerprint density at radius 3 is 2.79 bits per heavy atom. The van der Waals surface area contributed by atoms with Crippen LogP contribution in [-0.4, -0.2) is 31.1 Å². The SMILES string of the molecule is CC(CNCc1ccc(Cl)cc1Br)CN1CCCC1. The number of rotatable bonds is 6. The van der Waals surface area contributed by atoms with Crippen molar-refractivity contribution < 1.29 is 0 Å². The van der Waals surface area contributed by atoms with Gasteiger partial charge in [-0.2, -0.15) is 0 Å². The summed E-state index contributed by atoms with van der Waals surface area (Å²) in [6.45, 7) is 8.06. The van der Waals surface area contributed by atoms with Crippen molar-refractivity contribution in [2.75, 3.05) is 26.2 Å². The van der Waals surface area contributed by atoms with E-state index in [0.29, 0.717) is 5.92 Å². The van der Waals surface area contributed by atoms with Crippen LogP contribution < -0.4 is 5.32 Å². The highest BCUT2D eigenvalue weighted by Gasteiger charge is 2.14. The third-order valence-corrected chi connectivity index (χ3v) is 4.57. The minimum Gasteiger partial charge on any atom is -0.312 e. The molecule has 1 fully saturated rings. The molecular formula is C15H22BrClN2. The van der Waals surface area contributed by atoms with Gasteiger partial charge in [0.2, 0.25) is 0 Å². The lowest BCUT2D eigenvalue weighted by Gasteiger charge is -2.20. The summed E-state index contributed by atoms with van der Waals surface area (Å²) in [7, 11) is 0. The maximum Gasteiger partial charge on any atom is 0.0417 e. The minimum absolute atomic E-state index is 0.698. The molecule has 0 aromatic heterocycles. The molecule has 1 aromatic rings. The number of hydrogen-bond donors (Lipinski definition) is 1. The molecule has 0 saturated carbocycles. The number of halogens is 2. The van der Waals surface area contributed by atoms with E-state index in [1.54, 1.807) is 0 Å². The largest absolute Gasteiger partial charge is 0.312 e. The molecule has 1 unspecified atom stereocenters. The Balaban J connectivity index is 1.70. The summed E-state index contributed by atoms with van der Waals surface area (Å²) in [5, 5.41) is 4.31. The first-order valence-corrected chi connectivity index (χ1v) is 8.19. The van der Waals surface area contributed by atoms with E-state index >= 15 is 0 Å². The van der Waals surface area contributed by atoms with E-state index in [9.17, 15) is 0 Å². The van der Waals surface area contributed by atoms with E-state index in [0.717, 1.165) is 22.6 Å². The lowest BCUT2D eigenvalue weighted by atomic mass is 10.1. The van der Waals surface area contributed by atoms with Crippen LogP contribution in [-0.2, 0) is 6.54 Å².